The molecule has 3 rings (SSSR count). The molecule has 1 aliphatic rings. The summed E-state index contributed by atoms with van der Waals surface area (Å²) >= 11 is 0. The second-order valence-corrected chi connectivity index (χ2v) is 7.30. The van der Waals surface area contributed by atoms with Gasteiger partial charge < -0.3 is 24.8 Å². The first kappa shape index (κ1) is 25.3. The minimum Gasteiger partial charge on any atom is -0.494 e. The summed E-state index contributed by atoms with van der Waals surface area (Å²) in [6, 6.07) is 14.3. The Kier molecular flexibility index (Phi) is 10.9. The Balaban J connectivity index is 0.00000341. The molecular formula is C24H34IN3O3. The number of para-hydroxylation sites is 1. The predicted octanol–water partition coefficient (Wildman–Crippen LogP) is 4.43. The minimum atomic E-state index is 0. The Bertz CT molecular complexity index is 839. The molecule has 0 spiro atoms. The standard InChI is InChI=1S/C24H33N3O3.HI/c1-4-25-24(26-15-19-8-6-7-9-22(19)29-5-2)27-16-20-11-10-18(3)14-23(20)30-21-12-13-28-17-21;/h6-11,14,21H,4-5,12-13,15-17H2,1-3H3,(H2,25,26,27);1H. The molecule has 0 amide bonds. The average Bonchev–Trinajstić information content (AvgIpc) is 3.25. The lowest BCUT2D eigenvalue weighted by Crippen LogP contribution is -2.37. The van der Waals surface area contributed by atoms with E-state index in [0.717, 1.165) is 48.2 Å². The highest BCUT2D eigenvalue weighted by Gasteiger charge is 2.18. The number of hydrogen-bond donors (Lipinski definition) is 2. The Morgan fingerprint density at radius 2 is 1.94 bits per heavy atom. The van der Waals surface area contributed by atoms with Crippen molar-refractivity contribution >= 4 is 29.9 Å². The highest BCUT2D eigenvalue weighted by atomic mass is 127. The highest BCUT2D eigenvalue weighted by Crippen LogP contribution is 2.24. The van der Waals surface area contributed by atoms with Crippen molar-refractivity contribution in [3.8, 4) is 11.5 Å². The maximum Gasteiger partial charge on any atom is 0.191 e. The van der Waals surface area contributed by atoms with Crippen molar-refractivity contribution in [2.45, 2.75) is 46.4 Å². The third-order valence-electron chi connectivity index (χ3n) is 4.87. The van der Waals surface area contributed by atoms with Crippen molar-refractivity contribution in [3.63, 3.8) is 0 Å². The summed E-state index contributed by atoms with van der Waals surface area (Å²) in [5.74, 6) is 2.56. The van der Waals surface area contributed by atoms with E-state index in [1.165, 1.54) is 5.56 Å². The molecule has 0 aromatic heterocycles. The SMILES string of the molecule is CCNC(=NCc1ccccc1OCC)NCc1ccc(C)cc1OC1CCOC1.I. The number of ether oxygens (including phenoxy) is 3. The normalized spacial score (nSPS) is 15.8. The van der Waals surface area contributed by atoms with Crippen LogP contribution in [0.4, 0.5) is 0 Å². The number of nitrogens with one attached hydrogen (secondary N) is 2. The van der Waals surface area contributed by atoms with Crippen LogP contribution in [-0.2, 0) is 17.8 Å². The van der Waals surface area contributed by atoms with Crippen LogP contribution in [0.3, 0.4) is 0 Å². The highest BCUT2D eigenvalue weighted by molar-refractivity contribution is 14.0. The number of aryl methyl sites for hydroxylation is 1. The summed E-state index contributed by atoms with van der Waals surface area (Å²) in [7, 11) is 0. The van der Waals surface area contributed by atoms with Crippen molar-refractivity contribution in [1.82, 2.24) is 10.6 Å². The van der Waals surface area contributed by atoms with Crippen LogP contribution in [-0.4, -0.2) is 38.4 Å². The second-order valence-electron chi connectivity index (χ2n) is 7.30. The van der Waals surface area contributed by atoms with Gasteiger partial charge in [0.15, 0.2) is 5.96 Å². The Morgan fingerprint density at radius 1 is 1.10 bits per heavy atom. The Labute approximate surface area is 202 Å². The number of benzene rings is 2. The summed E-state index contributed by atoms with van der Waals surface area (Å²) < 4.78 is 17.4. The molecule has 31 heavy (non-hydrogen) atoms. The van der Waals surface area contributed by atoms with Crippen LogP contribution in [0.1, 0.15) is 37.0 Å². The summed E-state index contributed by atoms with van der Waals surface area (Å²) in [5, 5.41) is 6.75. The van der Waals surface area contributed by atoms with Crippen molar-refractivity contribution in [2.24, 2.45) is 4.99 Å². The summed E-state index contributed by atoms with van der Waals surface area (Å²) in [5.41, 5.74) is 3.35. The molecule has 0 bridgehead atoms. The molecule has 1 heterocycles. The molecule has 0 saturated carbocycles. The third-order valence-corrected chi connectivity index (χ3v) is 4.87. The predicted molar refractivity (Wildman–Crippen MR) is 136 cm³/mol. The monoisotopic (exact) mass is 539 g/mol. The quantitative estimate of drug-likeness (QED) is 0.281. The van der Waals surface area contributed by atoms with Crippen LogP contribution in [0, 0.1) is 6.92 Å². The first-order valence-corrected chi connectivity index (χ1v) is 10.8. The molecule has 1 atom stereocenters. The zero-order valence-corrected chi connectivity index (χ0v) is 21.0. The van der Waals surface area contributed by atoms with E-state index >= 15 is 0 Å². The van der Waals surface area contributed by atoms with Gasteiger partial charge in [-0.05, 0) is 38.5 Å². The first-order valence-electron chi connectivity index (χ1n) is 10.8. The lowest BCUT2D eigenvalue weighted by molar-refractivity contribution is 0.140. The average molecular weight is 539 g/mol. The first-order chi connectivity index (χ1) is 14.7. The van der Waals surface area contributed by atoms with Gasteiger partial charge in [-0.25, -0.2) is 4.99 Å². The van der Waals surface area contributed by atoms with Crippen molar-refractivity contribution < 1.29 is 14.2 Å². The molecular weight excluding hydrogens is 505 g/mol. The van der Waals surface area contributed by atoms with Crippen LogP contribution in [0.5, 0.6) is 11.5 Å². The lowest BCUT2D eigenvalue weighted by Gasteiger charge is -2.18. The van der Waals surface area contributed by atoms with E-state index in [1.807, 2.05) is 31.2 Å². The Morgan fingerprint density at radius 3 is 2.68 bits per heavy atom. The summed E-state index contributed by atoms with van der Waals surface area (Å²) in [6.45, 7) is 10.2. The molecule has 170 valence electrons. The molecule has 2 aromatic rings. The number of hydrogen-bond acceptors (Lipinski definition) is 4. The fraction of sp³-hybridized carbons (Fsp3) is 0.458. The smallest absolute Gasteiger partial charge is 0.191 e. The maximum absolute atomic E-state index is 6.21. The van der Waals surface area contributed by atoms with Crippen molar-refractivity contribution in [3.05, 3.63) is 59.2 Å². The van der Waals surface area contributed by atoms with Gasteiger partial charge in [-0.15, -0.1) is 24.0 Å². The molecule has 1 unspecified atom stereocenters. The van der Waals surface area contributed by atoms with Crippen LogP contribution in [0.2, 0.25) is 0 Å². The number of nitrogens with zero attached hydrogens (tertiary/aromatic N) is 1. The molecule has 1 fully saturated rings. The molecule has 2 aromatic carbocycles. The molecule has 2 N–H and O–H groups in total. The molecule has 1 aliphatic heterocycles. The van der Waals surface area contributed by atoms with Crippen LogP contribution in [0.15, 0.2) is 47.5 Å². The maximum atomic E-state index is 6.21. The largest absolute Gasteiger partial charge is 0.494 e. The molecule has 1 saturated heterocycles. The van der Waals surface area contributed by atoms with Gasteiger partial charge in [0, 0.05) is 30.6 Å². The lowest BCUT2D eigenvalue weighted by atomic mass is 10.1. The number of halogens is 1. The second kappa shape index (κ2) is 13.4. The van der Waals surface area contributed by atoms with Crippen LogP contribution < -0.4 is 20.1 Å². The van der Waals surface area contributed by atoms with E-state index in [-0.39, 0.29) is 30.1 Å². The fourth-order valence-electron chi connectivity index (χ4n) is 3.32. The number of guanidine groups is 1. The summed E-state index contributed by atoms with van der Waals surface area (Å²) in [6.07, 6.45) is 1.06. The topological polar surface area (TPSA) is 64.1 Å². The zero-order valence-electron chi connectivity index (χ0n) is 18.6. The molecule has 0 aliphatic carbocycles. The van der Waals surface area contributed by atoms with Gasteiger partial charge in [-0.2, -0.15) is 0 Å². The van der Waals surface area contributed by atoms with Gasteiger partial charge in [0.05, 0.1) is 26.4 Å². The van der Waals surface area contributed by atoms with Gasteiger partial charge in [0.1, 0.15) is 17.6 Å². The van der Waals surface area contributed by atoms with E-state index < -0.39 is 0 Å². The van der Waals surface area contributed by atoms with Crippen LogP contribution in [0.25, 0.3) is 0 Å². The molecule has 0 radical (unpaired) electrons. The minimum absolute atomic E-state index is 0. The fourth-order valence-corrected chi connectivity index (χ4v) is 3.32. The third kappa shape index (κ3) is 7.88. The van der Waals surface area contributed by atoms with Gasteiger partial charge >= 0.3 is 0 Å². The van der Waals surface area contributed by atoms with E-state index in [4.69, 9.17) is 19.2 Å². The Hall–Kier alpha value is -2.00. The van der Waals surface area contributed by atoms with E-state index in [1.54, 1.807) is 0 Å². The van der Waals surface area contributed by atoms with E-state index in [0.29, 0.717) is 26.3 Å². The van der Waals surface area contributed by atoms with Gasteiger partial charge in [-0.1, -0.05) is 30.3 Å². The van der Waals surface area contributed by atoms with Gasteiger partial charge in [0.2, 0.25) is 0 Å². The molecule has 7 heteroatoms. The van der Waals surface area contributed by atoms with Gasteiger partial charge in [0.25, 0.3) is 0 Å². The zero-order chi connectivity index (χ0) is 21.2. The van der Waals surface area contributed by atoms with Crippen LogP contribution >= 0.6 is 24.0 Å². The molecule has 6 nitrogen and oxygen atoms in total. The van der Waals surface area contributed by atoms with E-state index in [2.05, 4.69) is 42.7 Å². The van der Waals surface area contributed by atoms with Crippen molar-refractivity contribution in [2.75, 3.05) is 26.4 Å². The number of rotatable bonds is 9. The van der Waals surface area contributed by atoms with E-state index in [9.17, 15) is 0 Å². The summed E-state index contributed by atoms with van der Waals surface area (Å²) in [4.78, 5) is 4.75. The van der Waals surface area contributed by atoms with Gasteiger partial charge in [-0.3, -0.25) is 0 Å². The van der Waals surface area contributed by atoms with Crippen molar-refractivity contribution in [1.29, 1.82) is 0 Å². The number of aliphatic imine (C=N–C) groups is 1.